The lowest BCUT2D eigenvalue weighted by molar-refractivity contribution is -0.134. The molecule has 1 aliphatic carbocycles. The van der Waals surface area contributed by atoms with Gasteiger partial charge in [-0.1, -0.05) is 19.3 Å². The number of sulfone groups is 1. The largest absolute Gasteiger partial charge is 0.327 e. The molecule has 1 heterocycles. The van der Waals surface area contributed by atoms with Crippen LogP contribution in [0.5, 0.6) is 0 Å². The minimum atomic E-state index is -3.18. The van der Waals surface area contributed by atoms with E-state index in [0.29, 0.717) is 12.8 Å². The summed E-state index contributed by atoms with van der Waals surface area (Å²) in [7, 11) is -1.54. The van der Waals surface area contributed by atoms with E-state index in [9.17, 15) is 18.0 Å². The van der Waals surface area contributed by atoms with E-state index in [1.807, 2.05) is 0 Å². The Labute approximate surface area is 113 Å². The SMILES string of the molecule is CN1C(=O)N(CCS(C)(=O)=O)C(=O)C12CCCCC2. The summed E-state index contributed by atoms with van der Waals surface area (Å²) in [4.78, 5) is 27.2. The molecule has 1 saturated carbocycles. The van der Waals surface area contributed by atoms with E-state index in [4.69, 9.17) is 0 Å². The maximum atomic E-state index is 12.5. The van der Waals surface area contributed by atoms with Crippen molar-refractivity contribution < 1.29 is 18.0 Å². The van der Waals surface area contributed by atoms with Gasteiger partial charge < -0.3 is 4.90 Å². The minimum Gasteiger partial charge on any atom is -0.313 e. The minimum absolute atomic E-state index is 0.0391. The van der Waals surface area contributed by atoms with Gasteiger partial charge in [0.25, 0.3) is 5.91 Å². The van der Waals surface area contributed by atoms with Crippen molar-refractivity contribution in [2.75, 3.05) is 25.6 Å². The summed E-state index contributed by atoms with van der Waals surface area (Å²) < 4.78 is 22.4. The summed E-state index contributed by atoms with van der Waals surface area (Å²) in [6.07, 6.45) is 5.43. The van der Waals surface area contributed by atoms with Crippen LogP contribution in [0.4, 0.5) is 4.79 Å². The van der Waals surface area contributed by atoms with Gasteiger partial charge in [-0.05, 0) is 12.8 Å². The van der Waals surface area contributed by atoms with Crippen molar-refractivity contribution in [3.8, 4) is 0 Å². The highest BCUT2D eigenvalue weighted by molar-refractivity contribution is 7.90. The highest BCUT2D eigenvalue weighted by atomic mass is 32.2. The zero-order valence-electron chi connectivity index (χ0n) is 11.4. The number of nitrogens with zero attached hydrogens (tertiary/aromatic N) is 2. The molecule has 0 radical (unpaired) electrons. The zero-order chi connectivity index (χ0) is 14.3. The van der Waals surface area contributed by atoms with Crippen molar-refractivity contribution in [3.63, 3.8) is 0 Å². The molecule has 0 aromatic rings. The predicted octanol–water partition coefficient (Wildman–Crippen LogP) is 0.628. The van der Waals surface area contributed by atoms with Crippen LogP contribution in [-0.2, 0) is 14.6 Å². The van der Waals surface area contributed by atoms with Crippen LogP contribution in [0.15, 0.2) is 0 Å². The third-order valence-corrected chi connectivity index (χ3v) is 5.09. The second kappa shape index (κ2) is 4.77. The molecule has 2 fully saturated rings. The number of carbonyl (C=O) groups is 2. The molecular weight excluding hydrogens is 268 g/mol. The molecule has 108 valence electrons. The van der Waals surface area contributed by atoms with Crippen molar-refractivity contribution in [1.82, 2.24) is 9.80 Å². The number of hydrogen-bond acceptors (Lipinski definition) is 4. The summed E-state index contributed by atoms with van der Waals surface area (Å²) in [5.74, 6) is -0.391. The standard InChI is InChI=1S/C12H20N2O4S/c1-13-11(16)14(8-9-19(2,17)18)10(15)12(13)6-4-3-5-7-12/h3-9H2,1-2H3. The van der Waals surface area contributed by atoms with E-state index in [0.717, 1.165) is 30.4 Å². The van der Waals surface area contributed by atoms with Gasteiger partial charge in [0.1, 0.15) is 15.4 Å². The van der Waals surface area contributed by atoms with Gasteiger partial charge in [-0.15, -0.1) is 0 Å². The third-order valence-electron chi connectivity index (χ3n) is 4.17. The Bertz CT molecular complexity index is 494. The number of likely N-dealkylation sites (N-methyl/N-ethyl adjacent to an activating group) is 1. The Morgan fingerprint density at radius 2 is 1.74 bits per heavy atom. The lowest BCUT2D eigenvalue weighted by Crippen LogP contribution is -2.49. The number of imide groups is 1. The fourth-order valence-corrected chi connectivity index (χ4v) is 3.50. The van der Waals surface area contributed by atoms with Crippen molar-refractivity contribution in [1.29, 1.82) is 0 Å². The third kappa shape index (κ3) is 2.48. The molecule has 0 N–H and O–H groups in total. The van der Waals surface area contributed by atoms with Gasteiger partial charge in [-0.3, -0.25) is 9.69 Å². The molecule has 1 saturated heterocycles. The second-order valence-electron chi connectivity index (χ2n) is 5.52. The molecular formula is C12H20N2O4S. The van der Waals surface area contributed by atoms with E-state index in [1.165, 1.54) is 4.90 Å². The molecule has 2 rings (SSSR count). The molecule has 0 unspecified atom stereocenters. The fraction of sp³-hybridized carbons (Fsp3) is 0.833. The molecule has 2 aliphatic rings. The van der Waals surface area contributed by atoms with E-state index in [-0.39, 0.29) is 24.2 Å². The molecule has 6 nitrogen and oxygen atoms in total. The summed E-state index contributed by atoms with van der Waals surface area (Å²) in [6.45, 7) is -0.0391. The van der Waals surface area contributed by atoms with Crippen molar-refractivity contribution in [2.45, 2.75) is 37.6 Å². The molecule has 7 heteroatoms. The summed E-state index contributed by atoms with van der Waals surface area (Å²) >= 11 is 0. The molecule has 0 aromatic carbocycles. The van der Waals surface area contributed by atoms with Gasteiger partial charge >= 0.3 is 6.03 Å². The summed E-state index contributed by atoms with van der Waals surface area (Å²) in [6, 6.07) is -0.365. The predicted molar refractivity (Wildman–Crippen MR) is 70.4 cm³/mol. The van der Waals surface area contributed by atoms with Gasteiger partial charge in [0.05, 0.1) is 5.75 Å². The van der Waals surface area contributed by atoms with Crippen LogP contribution >= 0.6 is 0 Å². The Kier molecular flexibility index (Phi) is 3.59. The Morgan fingerprint density at radius 1 is 1.16 bits per heavy atom. The highest BCUT2D eigenvalue weighted by Gasteiger charge is 2.55. The molecule has 19 heavy (non-hydrogen) atoms. The first-order chi connectivity index (χ1) is 8.78. The van der Waals surface area contributed by atoms with Crippen LogP contribution < -0.4 is 0 Å². The van der Waals surface area contributed by atoms with E-state index >= 15 is 0 Å². The summed E-state index contributed by atoms with van der Waals surface area (Å²) in [5.41, 5.74) is -0.715. The molecule has 3 amide bonds. The molecule has 1 spiro atoms. The monoisotopic (exact) mass is 288 g/mol. The van der Waals surface area contributed by atoms with Gasteiger partial charge in [0, 0.05) is 19.8 Å². The van der Waals surface area contributed by atoms with Gasteiger partial charge in [-0.2, -0.15) is 0 Å². The number of rotatable bonds is 3. The normalized spacial score (nSPS) is 23.5. The van der Waals surface area contributed by atoms with E-state index in [1.54, 1.807) is 7.05 Å². The smallest absolute Gasteiger partial charge is 0.313 e. The summed E-state index contributed by atoms with van der Waals surface area (Å²) in [5, 5.41) is 0. The van der Waals surface area contributed by atoms with Crippen molar-refractivity contribution in [2.24, 2.45) is 0 Å². The van der Waals surface area contributed by atoms with Gasteiger partial charge in [0.15, 0.2) is 0 Å². The number of urea groups is 1. The number of amides is 3. The first-order valence-electron chi connectivity index (χ1n) is 6.55. The lowest BCUT2D eigenvalue weighted by Gasteiger charge is -2.35. The first kappa shape index (κ1) is 14.3. The molecule has 0 aromatic heterocycles. The fourth-order valence-electron chi connectivity index (χ4n) is 2.99. The van der Waals surface area contributed by atoms with Crippen LogP contribution in [0.3, 0.4) is 0 Å². The second-order valence-corrected chi connectivity index (χ2v) is 7.78. The van der Waals surface area contributed by atoms with Crippen LogP contribution in [-0.4, -0.2) is 61.3 Å². The topological polar surface area (TPSA) is 74.8 Å². The van der Waals surface area contributed by atoms with E-state index in [2.05, 4.69) is 0 Å². The van der Waals surface area contributed by atoms with Crippen LogP contribution in [0.2, 0.25) is 0 Å². The number of hydrogen-bond donors (Lipinski definition) is 0. The molecule has 0 bridgehead atoms. The lowest BCUT2D eigenvalue weighted by atomic mass is 9.81. The highest BCUT2D eigenvalue weighted by Crippen LogP contribution is 2.39. The average Bonchev–Trinajstić information content (AvgIpc) is 2.51. The Balaban J connectivity index is 2.19. The van der Waals surface area contributed by atoms with Crippen LogP contribution in [0.1, 0.15) is 32.1 Å². The molecule has 1 aliphatic heterocycles. The molecule has 0 atom stereocenters. The van der Waals surface area contributed by atoms with Crippen LogP contribution in [0.25, 0.3) is 0 Å². The van der Waals surface area contributed by atoms with Crippen molar-refractivity contribution >= 4 is 21.8 Å². The average molecular weight is 288 g/mol. The van der Waals surface area contributed by atoms with Crippen LogP contribution in [0, 0.1) is 0 Å². The maximum Gasteiger partial charge on any atom is 0.327 e. The Morgan fingerprint density at radius 3 is 2.26 bits per heavy atom. The van der Waals surface area contributed by atoms with Gasteiger partial charge in [0.2, 0.25) is 0 Å². The van der Waals surface area contributed by atoms with E-state index < -0.39 is 15.4 Å². The Hall–Kier alpha value is -1.11. The van der Waals surface area contributed by atoms with Gasteiger partial charge in [-0.25, -0.2) is 13.2 Å². The number of carbonyl (C=O) groups excluding carboxylic acids is 2. The zero-order valence-corrected chi connectivity index (χ0v) is 12.2. The maximum absolute atomic E-state index is 12.5. The quantitative estimate of drug-likeness (QED) is 0.714. The van der Waals surface area contributed by atoms with Crippen molar-refractivity contribution in [3.05, 3.63) is 0 Å². The first-order valence-corrected chi connectivity index (χ1v) is 8.61.